The summed E-state index contributed by atoms with van der Waals surface area (Å²) in [4.78, 5) is 23.1. The molecule has 0 saturated carbocycles. The van der Waals surface area contributed by atoms with Gasteiger partial charge in [-0.15, -0.1) is 0 Å². The second-order valence-electron chi connectivity index (χ2n) is 4.95. The van der Waals surface area contributed by atoms with E-state index in [1.807, 2.05) is 37.3 Å². The van der Waals surface area contributed by atoms with Gasteiger partial charge in [-0.2, -0.15) is 0 Å². The van der Waals surface area contributed by atoms with Gasteiger partial charge in [0, 0.05) is 5.39 Å². The number of carboxylic acids is 1. The van der Waals surface area contributed by atoms with E-state index < -0.39 is 12.1 Å². The quantitative estimate of drug-likeness (QED) is 0.823. The number of rotatable bonds is 6. The van der Waals surface area contributed by atoms with Gasteiger partial charge in [0.15, 0.2) is 11.9 Å². The first-order valence-corrected chi connectivity index (χ1v) is 6.96. The molecule has 1 N–H and O–H groups in total. The van der Waals surface area contributed by atoms with Crippen LogP contribution in [0, 0.1) is 0 Å². The highest BCUT2D eigenvalue weighted by Crippen LogP contribution is 2.31. The molecule has 0 bridgehead atoms. The predicted molar refractivity (Wildman–Crippen MR) is 80.9 cm³/mol. The molecule has 0 aliphatic carbocycles. The molecule has 0 aliphatic rings. The Morgan fingerprint density at radius 1 is 1.19 bits per heavy atom. The van der Waals surface area contributed by atoms with E-state index in [2.05, 4.69) is 0 Å². The Morgan fingerprint density at radius 2 is 1.90 bits per heavy atom. The van der Waals surface area contributed by atoms with Crippen LogP contribution in [-0.4, -0.2) is 23.0 Å². The second kappa shape index (κ2) is 6.39. The number of Topliss-reactive ketones (excluding diaryl/α,β-unsaturated/α-hetero) is 1. The van der Waals surface area contributed by atoms with Gasteiger partial charge in [0.05, 0.1) is 5.56 Å². The van der Waals surface area contributed by atoms with Crippen LogP contribution >= 0.6 is 0 Å². The molecule has 1 unspecified atom stereocenters. The summed E-state index contributed by atoms with van der Waals surface area (Å²) >= 11 is 0. The van der Waals surface area contributed by atoms with E-state index >= 15 is 0 Å². The number of ether oxygens (including phenoxy) is 1. The fourth-order valence-corrected chi connectivity index (χ4v) is 2.28. The van der Waals surface area contributed by atoms with E-state index in [0.717, 1.165) is 10.8 Å². The van der Waals surface area contributed by atoms with Crippen molar-refractivity contribution in [1.82, 2.24) is 0 Å². The van der Waals surface area contributed by atoms with Crippen molar-refractivity contribution in [2.45, 2.75) is 32.8 Å². The monoisotopic (exact) mass is 286 g/mol. The summed E-state index contributed by atoms with van der Waals surface area (Å²) in [6, 6.07) is 11.0. The molecule has 0 aromatic heterocycles. The molecule has 4 nitrogen and oxygen atoms in total. The maximum Gasteiger partial charge on any atom is 0.344 e. The molecule has 0 radical (unpaired) electrons. The molecular weight excluding hydrogens is 268 g/mol. The van der Waals surface area contributed by atoms with Gasteiger partial charge in [-0.3, -0.25) is 4.79 Å². The van der Waals surface area contributed by atoms with Crippen molar-refractivity contribution in [3.05, 3.63) is 42.0 Å². The zero-order valence-electron chi connectivity index (χ0n) is 12.1. The van der Waals surface area contributed by atoms with Crippen molar-refractivity contribution in [1.29, 1.82) is 0 Å². The molecular formula is C17H18O4. The van der Waals surface area contributed by atoms with Gasteiger partial charge in [0.1, 0.15) is 5.75 Å². The molecule has 2 rings (SSSR count). The van der Waals surface area contributed by atoms with E-state index in [0.29, 0.717) is 24.2 Å². The second-order valence-corrected chi connectivity index (χ2v) is 4.95. The van der Waals surface area contributed by atoms with Crippen molar-refractivity contribution in [2.24, 2.45) is 0 Å². The van der Waals surface area contributed by atoms with Crippen LogP contribution in [0.2, 0.25) is 0 Å². The van der Waals surface area contributed by atoms with Crippen LogP contribution in [0.25, 0.3) is 10.8 Å². The number of hydrogen-bond donors (Lipinski definition) is 1. The maximum absolute atomic E-state index is 11.8. The number of benzene rings is 2. The van der Waals surface area contributed by atoms with Crippen LogP contribution in [-0.2, 0) is 4.79 Å². The van der Waals surface area contributed by atoms with E-state index in [1.165, 1.54) is 6.92 Å². The Bertz CT molecular complexity index is 676. The van der Waals surface area contributed by atoms with Crippen molar-refractivity contribution in [3.8, 4) is 5.75 Å². The minimum Gasteiger partial charge on any atom is -0.479 e. The first kappa shape index (κ1) is 15.0. The highest BCUT2D eigenvalue weighted by Gasteiger charge is 2.22. The first-order chi connectivity index (χ1) is 10.0. The predicted octanol–water partition coefficient (Wildman–Crippen LogP) is 3.67. The lowest BCUT2D eigenvalue weighted by molar-refractivity contribution is -0.145. The van der Waals surface area contributed by atoms with Gasteiger partial charge in [-0.25, -0.2) is 4.79 Å². The molecule has 4 heteroatoms. The summed E-state index contributed by atoms with van der Waals surface area (Å²) in [6.07, 6.45) is 0.145. The van der Waals surface area contributed by atoms with Crippen LogP contribution in [0.3, 0.4) is 0 Å². The molecule has 0 saturated heterocycles. The van der Waals surface area contributed by atoms with Gasteiger partial charge in [0.25, 0.3) is 0 Å². The number of carboxylic acid groups (broad SMARTS) is 1. The standard InChI is InChI=1S/C17H18O4/c1-3-6-15(17(19)20)21-16-13(11(2)18)10-9-12-7-4-5-8-14(12)16/h4-5,7-10,15H,3,6H2,1-2H3,(H,19,20). The largest absolute Gasteiger partial charge is 0.479 e. The van der Waals surface area contributed by atoms with Gasteiger partial charge in [-0.05, 0) is 24.8 Å². The smallest absolute Gasteiger partial charge is 0.344 e. The highest BCUT2D eigenvalue weighted by atomic mass is 16.5. The number of aliphatic carboxylic acids is 1. The van der Waals surface area contributed by atoms with E-state index in [9.17, 15) is 14.7 Å². The Balaban J connectivity index is 2.55. The Hall–Kier alpha value is -2.36. The van der Waals surface area contributed by atoms with E-state index in [4.69, 9.17) is 4.74 Å². The zero-order valence-corrected chi connectivity index (χ0v) is 12.1. The lowest BCUT2D eigenvalue weighted by Crippen LogP contribution is -2.27. The summed E-state index contributed by atoms with van der Waals surface area (Å²) < 4.78 is 5.70. The van der Waals surface area contributed by atoms with Gasteiger partial charge < -0.3 is 9.84 Å². The topological polar surface area (TPSA) is 63.6 Å². The average Bonchev–Trinajstić information content (AvgIpc) is 2.46. The van der Waals surface area contributed by atoms with Gasteiger partial charge >= 0.3 is 5.97 Å². The third kappa shape index (κ3) is 3.21. The minimum absolute atomic E-state index is 0.142. The number of carbonyl (C=O) groups excluding carboxylic acids is 1. The summed E-state index contributed by atoms with van der Waals surface area (Å²) in [7, 11) is 0. The average molecular weight is 286 g/mol. The molecule has 0 fully saturated rings. The van der Waals surface area contributed by atoms with Crippen molar-refractivity contribution < 1.29 is 19.4 Å². The number of carbonyl (C=O) groups is 2. The summed E-state index contributed by atoms with van der Waals surface area (Å²) in [5, 5.41) is 10.9. The fraction of sp³-hybridized carbons (Fsp3) is 0.294. The van der Waals surface area contributed by atoms with Crippen molar-refractivity contribution >= 4 is 22.5 Å². The molecule has 0 amide bonds. The molecule has 21 heavy (non-hydrogen) atoms. The molecule has 0 spiro atoms. The third-order valence-corrected chi connectivity index (χ3v) is 3.35. The summed E-state index contributed by atoms with van der Waals surface area (Å²) in [5.74, 6) is -0.794. The van der Waals surface area contributed by atoms with Gasteiger partial charge in [0.2, 0.25) is 0 Å². The molecule has 0 heterocycles. The highest BCUT2D eigenvalue weighted by molar-refractivity contribution is 6.03. The minimum atomic E-state index is -1.01. The van der Waals surface area contributed by atoms with Gasteiger partial charge in [-0.1, -0.05) is 43.7 Å². The molecule has 2 aromatic carbocycles. The van der Waals surface area contributed by atoms with Crippen molar-refractivity contribution in [3.63, 3.8) is 0 Å². The van der Waals surface area contributed by atoms with Crippen molar-refractivity contribution in [2.75, 3.05) is 0 Å². The fourth-order valence-electron chi connectivity index (χ4n) is 2.28. The zero-order chi connectivity index (χ0) is 15.4. The number of hydrogen-bond acceptors (Lipinski definition) is 3. The molecule has 110 valence electrons. The van der Waals surface area contributed by atoms with Crippen LogP contribution in [0.4, 0.5) is 0 Å². The molecule has 1 atom stereocenters. The first-order valence-electron chi connectivity index (χ1n) is 6.96. The SMILES string of the molecule is CCCC(Oc1c(C(C)=O)ccc2ccccc12)C(=O)O. The van der Waals surface area contributed by atoms with Crippen LogP contribution in [0.5, 0.6) is 5.75 Å². The normalized spacial score (nSPS) is 12.1. The van der Waals surface area contributed by atoms with Crippen LogP contribution in [0.15, 0.2) is 36.4 Å². The van der Waals surface area contributed by atoms with Crippen LogP contribution in [0.1, 0.15) is 37.0 Å². The van der Waals surface area contributed by atoms with E-state index in [1.54, 1.807) is 6.07 Å². The Kier molecular flexibility index (Phi) is 4.58. The molecule has 2 aromatic rings. The Morgan fingerprint density at radius 3 is 2.52 bits per heavy atom. The van der Waals surface area contributed by atoms with E-state index in [-0.39, 0.29) is 5.78 Å². The lowest BCUT2D eigenvalue weighted by Gasteiger charge is -2.18. The Labute approximate surface area is 123 Å². The summed E-state index contributed by atoms with van der Waals surface area (Å²) in [6.45, 7) is 3.35. The van der Waals surface area contributed by atoms with Crippen LogP contribution < -0.4 is 4.74 Å². The molecule has 0 aliphatic heterocycles. The summed E-state index contributed by atoms with van der Waals surface area (Å²) in [5.41, 5.74) is 0.413. The maximum atomic E-state index is 11.8. The number of ketones is 1. The lowest BCUT2D eigenvalue weighted by atomic mass is 10.0. The number of fused-ring (bicyclic) bond motifs is 1. The third-order valence-electron chi connectivity index (χ3n) is 3.35.